The predicted molar refractivity (Wildman–Crippen MR) is 87.8 cm³/mol. The highest BCUT2D eigenvalue weighted by Crippen LogP contribution is 2.24. The summed E-state index contributed by atoms with van der Waals surface area (Å²) in [6.07, 6.45) is 4.34. The number of aromatic nitrogens is 1. The molecule has 3 heteroatoms. The van der Waals surface area contributed by atoms with E-state index >= 15 is 0 Å². The third kappa shape index (κ3) is 2.45. The van der Waals surface area contributed by atoms with E-state index in [1.54, 1.807) is 0 Å². The van der Waals surface area contributed by atoms with Crippen molar-refractivity contribution in [2.24, 2.45) is 0 Å². The minimum Gasteiger partial charge on any atom is -0.361 e. The number of nitrogens with one attached hydrogen (secondary N) is 2. The van der Waals surface area contributed by atoms with Gasteiger partial charge in [-0.05, 0) is 41.7 Å². The van der Waals surface area contributed by atoms with Crippen molar-refractivity contribution in [2.45, 2.75) is 25.4 Å². The average molecular weight is 297 g/mol. The molecule has 21 heavy (non-hydrogen) atoms. The maximum atomic E-state index is 6.02. The van der Waals surface area contributed by atoms with Gasteiger partial charge in [0.15, 0.2) is 0 Å². The molecule has 0 aliphatic heterocycles. The SMILES string of the molecule is Clc1ccc2c(CNC3Cc4ccccc4C3)c[nH]c2c1. The summed E-state index contributed by atoms with van der Waals surface area (Å²) >= 11 is 6.02. The molecule has 4 rings (SSSR count). The number of aromatic amines is 1. The second kappa shape index (κ2) is 5.21. The fourth-order valence-corrected chi connectivity index (χ4v) is 3.43. The number of fused-ring (bicyclic) bond motifs is 2. The van der Waals surface area contributed by atoms with Crippen LogP contribution in [0, 0.1) is 0 Å². The predicted octanol–water partition coefficient (Wildman–Crippen LogP) is 4.08. The molecule has 1 aliphatic rings. The lowest BCUT2D eigenvalue weighted by molar-refractivity contribution is 0.534. The maximum Gasteiger partial charge on any atom is 0.0472 e. The van der Waals surface area contributed by atoms with Crippen molar-refractivity contribution in [2.75, 3.05) is 0 Å². The van der Waals surface area contributed by atoms with E-state index in [1.165, 1.54) is 22.1 Å². The first-order valence-electron chi connectivity index (χ1n) is 7.35. The van der Waals surface area contributed by atoms with Gasteiger partial charge < -0.3 is 10.3 Å². The molecule has 0 amide bonds. The van der Waals surface area contributed by atoms with Crippen molar-refractivity contribution < 1.29 is 0 Å². The van der Waals surface area contributed by atoms with Crippen LogP contribution < -0.4 is 5.32 Å². The molecule has 0 radical (unpaired) electrons. The van der Waals surface area contributed by atoms with E-state index < -0.39 is 0 Å². The van der Waals surface area contributed by atoms with Crippen LogP contribution in [0.1, 0.15) is 16.7 Å². The number of benzene rings is 2. The smallest absolute Gasteiger partial charge is 0.0472 e. The van der Waals surface area contributed by atoms with E-state index in [0.29, 0.717) is 6.04 Å². The lowest BCUT2D eigenvalue weighted by Crippen LogP contribution is -2.28. The molecule has 0 saturated heterocycles. The zero-order chi connectivity index (χ0) is 14.2. The van der Waals surface area contributed by atoms with E-state index in [-0.39, 0.29) is 0 Å². The molecule has 0 spiro atoms. The van der Waals surface area contributed by atoms with Gasteiger partial charge in [-0.25, -0.2) is 0 Å². The first-order chi connectivity index (χ1) is 10.3. The minimum atomic E-state index is 0.541. The zero-order valence-electron chi connectivity index (χ0n) is 11.7. The Kier molecular flexibility index (Phi) is 3.21. The summed E-state index contributed by atoms with van der Waals surface area (Å²) in [7, 11) is 0. The van der Waals surface area contributed by atoms with Crippen LogP contribution in [0.5, 0.6) is 0 Å². The Bertz CT molecular complexity index is 766. The molecule has 2 N–H and O–H groups in total. The third-order valence-corrected chi connectivity index (χ3v) is 4.60. The number of hydrogen-bond donors (Lipinski definition) is 2. The second-order valence-corrected chi connectivity index (χ2v) is 6.20. The summed E-state index contributed by atoms with van der Waals surface area (Å²) in [5, 5.41) is 5.71. The van der Waals surface area contributed by atoms with Crippen molar-refractivity contribution in [3.8, 4) is 0 Å². The standard InChI is InChI=1S/C18H17ClN2/c19-15-5-6-17-14(11-21-18(17)9-15)10-20-16-7-12-3-1-2-4-13(12)8-16/h1-6,9,11,16,20-21H,7-8,10H2. The number of rotatable bonds is 3. The van der Waals surface area contributed by atoms with Crippen molar-refractivity contribution in [3.63, 3.8) is 0 Å². The van der Waals surface area contributed by atoms with Gasteiger partial charge in [-0.1, -0.05) is 41.9 Å². The fourth-order valence-electron chi connectivity index (χ4n) is 3.26. The van der Waals surface area contributed by atoms with Gasteiger partial charge in [0.05, 0.1) is 0 Å². The number of H-pyrrole nitrogens is 1. The molecule has 0 unspecified atom stereocenters. The van der Waals surface area contributed by atoms with Crippen LogP contribution in [0.4, 0.5) is 0 Å². The Morgan fingerprint density at radius 1 is 1.10 bits per heavy atom. The van der Waals surface area contributed by atoms with Gasteiger partial charge in [-0.15, -0.1) is 0 Å². The fraction of sp³-hybridized carbons (Fsp3) is 0.222. The van der Waals surface area contributed by atoms with Crippen LogP contribution in [0.25, 0.3) is 10.9 Å². The van der Waals surface area contributed by atoms with E-state index in [9.17, 15) is 0 Å². The lowest BCUT2D eigenvalue weighted by atomic mass is 10.1. The highest BCUT2D eigenvalue weighted by atomic mass is 35.5. The average Bonchev–Trinajstić information content (AvgIpc) is 3.07. The van der Waals surface area contributed by atoms with Crippen molar-refractivity contribution >= 4 is 22.5 Å². The Morgan fingerprint density at radius 3 is 2.62 bits per heavy atom. The van der Waals surface area contributed by atoms with Crippen LogP contribution >= 0.6 is 11.6 Å². The quantitative estimate of drug-likeness (QED) is 0.749. The lowest BCUT2D eigenvalue weighted by Gasteiger charge is -2.11. The highest BCUT2D eigenvalue weighted by Gasteiger charge is 2.20. The Labute approximate surface area is 129 Å². The number of halogens is 1. The molecule has 0 atom stereocenters. The van der Waals surface area contributed by atoms with Gasteiger partial charge in [0, 0.05) is 34.7 Å². The molecule has 0 fully saturated rings. The summed E-state index contributed by atoms with van der Waals surface area (Å²) in [6.45, 7) is 0.889. The van der Waals surface area contributed by atoms with Crippen LogP contribution in [-0.2, 0) is 19.4 Å². The van der Waals surface area contributed by atoms with Gasteiger partial charge in [0.2, 0.25) is 0 Å². The van der Waals surface area contributed by atoms with E-state index in [0.717, 1.165) is 29.9 Å². The molecular weight excluding hydrogens is 280 g/mol. The molecule has 0 saturated carbocycles. The Morgan fingerprint density at radius 2 is 1.86 bits per heavy atom. The summed E-state index contributed by atoms with van der Waals surface area (Å²) in [5.74, 6) is 0. The minimum absolute atomic E-state index is 0.541. The molecule has 3 aromatic rings. The summed E-state index contributed by atoms with van der Waals surface area (Å²) in [4.78, 5) is 3.30. The molecule has 1 aromatic heterocycles. The molecule has 106 valence electrons. The largest absolute Gasteiger partial charge is 0.361 e. The zero-order valence-corrected chi connectivity index (χ0v) is 12.5. The highest BCUT2D eigenvalue weighted by molar-refractivity contribution is 6.31. The van der Waals surface area contributed by atoms with Crippen molar-refractivity contribution in [1.82, 2.24) is 10.3 Å². The molecule has 1 aliphatic carbocycles. The Hall–Kier alpha value is -1.77. The van der Waals surface area contributed by atoms with Gasteiger partial charge >= 0.3 is 0 Å². The number of hydrogen-bond acceptors (Lipinski definition) is 1. The maximum absolute atomic E-state index is 6.02. The molecule has 2 aromatic carbocycles. The van der Waals surface area contributed by atoms with Gasteiger partial charge in [0.1, 0.15) is 0 Å². The van der Waals surface area contributed by atoms with Gasteiger partial charge in [0.25, 0.3) is 0 Å². The first-order valence-corrected chi connectivity index (χ1v) is 7.73. The van der Waals surface area contributed by atoms with Gasteiger partial charge in [-0.3, -0.25) is 0 Å². The molecule has 1 heterocycles. The van der Waals surface area contributed by atoms with Crippen molar-refractivity contribution in [1.29, 1.82) is 0 Å². The monoisotopic (exact) mass is 296 g/mol. The normalized spacial score (nSPS) is 14.7. The topological polar surface area (TPSA) is 27.8 Å². The molecule has 0 bridgehead atoms. The summed E-state index contributed by atoms with van der Waals surface area (Å²) in [5.41, 5.74) is 5.38. The van der Waals surface area contributed by atoms with E-state index in [2.05, 4.69) is 46.8 Å². The third-order valence-electron chi connectivity index (χ3n) is 4.36. The Balaban J connectivity index is 1.48. The van der Waals surface area contributed by atoms with E-state index in [1.807, 2.05) is 12.1 Å². The van der Waals surface area contributed by atoms with Crippen LogP contribution in [0.3, 0.4) is 0 Å². The van der Waals surface area contributed by atoms with Gasteiger partial charge in [-0.2, -0.15) is 0 Å². The van der Waals surface area contributed by atoms with Crippen LogP contribution in [0.2, 0.25) is 5.02 Å². The second-order valence-electron chi connectivity index (χ2n) is 5.76. The summed E-state index contributed by atoms with van der Waals surface area (Å²) < 4.78 is 0. The first kappa shape index (κ1) is 12.9. The van der Waals surface area contributed by atoms with Crippen LogP contribution in [0.15, 0.2) is 48.7 Å². The molecular formula is C18H17ClN2. The summed E-state index contributed by atoms with van der Waals surface area (Å²) in [6, 6.07) is 15.3. The van der Waals surface area contributed by atoms with Crippen molar-refractivity contribution in [3.05, 3.63) is 70.4 Å². The molecule has 2 nitrogen and oxygen atoms in total. The van der Waals surface area contributed by atoms with Crippen LogP contribution in [-0.4, -0.2) is 11.0 Å². The van der Waals surface area contributed by atoms with E-state index in [4.69, 9.17) is 11.6 Å².